The predicted molar refractivity (Wildman–Crippen MR) is 74.4 cm³/mol. The highest BCUT2D eigenvalue weighted by Gasteiger charge is 2.33. The Kier molecular flexibility index (Phi) is 4.34. The van der Waals surface area contributed by atoms with Crippen LogP contribution in [0.5, 0.6) is 5.75 Å². The van der Waals surface area contributed by atoms with E-state index in [9.17, 15) is 9.59 Å². The summed E-state index contributed by atoms with van der Waals surface area (Å²) >= 11 is 5.97. The summed E-state index contributed by atoms with van der Waals surface area (Å²) in [5.41, 5.74) is 0.497. The molecular weight excluding hydrogens is 284 g/mol. The van der Waals surface area contributed by atoms with Crippen molar-refractivity contribution in [3.05, 3.63) is 23.2 Å². The summed E-state index contributed by atoms with van der Waals surface area (Å²) < 4.78 is 5.02. The molecule has 0 aliphatic heterocycles. The van der Waals surface area contributed by atoms with E-state index in [-0.39, 0.29) is 12.6 Å². The van der Waals surface area contributed by atoms with Gasteiger partial charge < -0.3 is 20.1 Å². The standard InChI is InChI=1S/C13H15ClN2O4/c1-20-11-5-2-8(6-10(11)14)15-13(19)16(7-12(17)18)9-3-4-9/h2,5-6,9H,3-4,7H2,1H3,(H,15,19)(H,17,18). The summed E-state index contributed by atoms with van der Waals surface area (Å²) in [5, 5.41) is 11.8. The number of nitrogens with one attached hydrogen (secondary N) is 1. The maximum absolute atomic E-state index is 12.1. The molecule has 1 aliphatic carbocycles. The van der Waals surface area contributed by atoms with E-state index in [0.29, 0.717) is 16.5 Å². The number of urea groups is 1. The summed E-state index contributed by atoms with van der Waals surface area (Å²) in [7, 11) is 1.50. The number of halogens is 1. The lowest BCUT2D eigenvalue weighted by Crippen LogP contribution is -2.40. The van der Waals surface area contributed by atoms with E-state index in [0.717, 1.165) is 12.8 Å². The summed E-state index contributed by atoms with van der Waals surface area (Å²) in [6, 6.07) is 4.42. The molecule has 1 aliphatic rings. The fourth-order valence-electron chi connectivity index (χ4n) is 1.84. The first-order valence-electron chi connectivity index (χ1n) is 6.14. The molecule has 2 amide bonds. The molecular formula is C13H15ClN2O4. The van der Waals surface area contributed by atoms with Gasteiger partial charge in [-0.1, -0.05) is 11.6 Å². The van der Waals surface area contributed by atoms with Gasteiger partial charge in [0.15, 0.2) is 0 Å². The monoisotopic (exact) mass is 298 g/mol. The van der Waals surface area contributed by atoms with E-state index in [2.05, 4.69) is 5.32 Å². The van der Waals surface area contributed by atoms with Crippen molar-refractivity contribution in [2.45, 2.75) is 18.9 Å². The third-order valence-electron chi connectivity index (χ3n) is 2.96. The minimum Gasteiger partial charge on any atom is -0.495 e. The number of nitrogens with zero attached hydrogens (tertiary/aromatic N) is 1. The molecule has 0 bridgehead atoms. The maximum atomic E-state index is 12.1. The van der Waals surface area contributed by atoms with Crippen LogP contribution in [0.25, 0.3) is 0 Å². The normalized spacial score (nSPS) is 13.7. The number of aliphatic carboxylic acids is 1. The van der Waals surface area contributed by atoms with Gasteiger partial charge in [-0.25, -0.2) is 4.79 Å². The number of methoxy groups -OCH3 is 1. The van der Waals surface area contributed by atoms with Crippen molar-refractivity contribution in [1.82, 2.24) is 4.90 Å². The Labute approximate surface area is 121 Å². The second-order valence-corrected chi connectivity index (χ2v) is 4.94. The summed E-state index contributed by atoms with van der Waals surface area (Å²) in [5.74, 6) is -0.519. The van der Waals surface area contributed by atoms with Crippen molar-refractivity contribution in [3.8, 4) is 5.75 Å². The molecule has 0 unspecified atom stereocenters. The number of hydrogen-bond donors (Lipinski definition) is 2. The van der Waals surface area contributed by atoms with Gasteiger partial charge in [-0.15, -0.1) is 0 Å². The molecule has 20 heavy (non-hydrogen) atoms. The fraction of sp³-hybridized carbons (Fsp3) is 0.385. The average molecular weight is 299 g/mol. The van der Waals surface area contributed by atoms with Crippen LogP contribution in [0.1, 0.15) is 12.8 Å². The molecule has 1 aromatic rings. The van der Waals surface area contributed by atoms with E-state index >= 15 is 0 Å². The first-order chi connectivity index (χ1) is 9.51. The van der Waals surface area contributed by atoms with Crippen molar-refractivity contribution in [3.63, 3.8) is 0 Å². The van der Waals surface area contributed by atoms with Crippen LogP contribution in [-0.2, 0) is 4.79 Å². The van der Waals surface area contributed by atoms with Crippen LogP contribution in [0.15, 0.2) is 18.2 Å². The number of benzene rings is 1. The van der Waals surface area contributed by atoms with Gasteiger partial charge in [-0.05, 0) is 31.0 Å². The lowest BCUT2D eigenvalue weighted by molar-refractivity contribution is -0.137. The topological polar surface area (TPSA) is 78.9 Å². The Balaban J connectivity index is 2.05. The Hall–Kier alpha value is -1.95. The molecule has 1 saturated carbocycles. The van der Waals surface area contributed by atoms with E-state index in [4.69, 9.17) is 21.4 Å². The van der Waals surface area contributed by atoms with Gasteiger partial charge in [-0.2, -0.15) is 0 Å². The minimum absolute atomic E-state index is 0.0137. The lowest BCUT2D eigenvalue weighted by atomic mass is 10.3. The second-order valence-electron chi connectivity index (χ2n) is 4.53. The lowest BCUT2D eigenvalue weighted by Gasteiger charge is -2.20. The number of carbonyl (C=O) groups is 2. The number of ether oxygens (including phenoxy) is 1. The van der Waals surface area contributed by atoms with Crippen LogP contribution < -0.4 is 10.1 Å². The zero-order valence-corrected chi connectivity index (χ0v) is 11.7. The Bertz CT molecular complexity index is 531. The van der Waals surface area contributed by atoms with Crippen LogP contribution >= 0.6 is 11.6 Å². The number of amides is 2. The molecule has 2 N–H and O–H groups in total. The van der Waals surface area contributed by atoms with Crippen molar-refractivity contribution < 1.29 is 19.4 Å². The van der Waals surface area contributed by atoms with Crippen molar-refractivity contribution >= 4 is 29.3 Å². The highest BCUT2D eigenvalue weighted by molar-refractivity contribution is 6.32. The van der Waals surface area contributed by atoms with Crippen LogP contribution in [-0.4, -0.2) is 41.7 Å². The van der Waals surface area contributed by atoms with Crippen LogP contribution in [0.2, 0.25) is 5.02 Å². The first kappa shape index (κ1) is 14.5. The minimum atomic E-state index is -1.03. The Morgan fingerprint density at radius 3 is 2.70 bits per heavy atom. The molecule has 1 fully saturated rings. The molecule has 7 heteroatoms. The molecule has 1 aromatic carbocycles. The van der Waals surface area contributed by atoms with Crippen molar-refractivity contribution in [2.24, 2.45) is 0 Å². The SMILES string of the molecule is COc1ccc(NC(=O)N(CC(=O)O)C2CC2)cc1Cl. The predicted octanol–water partition coefficient (Wildman–Crippen LogP) is 2.43. The zero-order chi connectivity index (χ0) is 14.7. The van der Waals surface area contributed by atoms with Gasteiger partial charge in [0.25, 0.3) is 0 Å². The van der Waals surface area contributed by atoms with Crippen LogP contribution in [0, 0.1) is 0 Å². The third kappa shape index (κ3) is 3.54. The summed E-state index contributed by atoms with van der Waals surface area (Å²) in [6.45, 7) is -0.305. The van der Waals surface area contributed by atoms with Crippen LogP contribution in [0.3, 0.4) is 0 Å². The summed E-state index contributed by atoms with van der Waals surface area (Å²) in [6.07, 6.45) is 1.67. The number of carboxylic acids is 1. The highest BCUT2D eigenvalue weighted by atomic mass is 35.5. The van der Waals surface area contributed by atoms with Crippen molar-refractivity contribution in [1.29, 1.82) is 0 Å². The zero-order valence-electron chi connectivity index (χ0n) is 10.9. The molecule has 2 rings (SSSR count). The average Bonchev–Trinajstić information content (AvgIpc) is 3.20. The van der Waals surface area contributed by atoms with Gasteiger partial charge in [0.05, 0.1) is 12.1 Å². The summed E-state index contributed by atoms with van der Waals surface area (Å²) in [4.78, 5) is 24.2. The third-order valence-corrected chi connectivity index (χ3v) is 3.25. The van der Waals surface area contributed by atoms with E-state index in [1.54, 1.807) is 18.2 Å². The molecule has 0 radical (unpaired) electrons. The number of anilines is 1. The highest BCUT2D eigenvalue weighted by Crippen LogP contribution is 2.29. The van der Waals surface area contributed by atoms with Crippen molar-refractivity contribution in [2.75, 3.05) is 19.0 Å². The molecule has 0 atom stereocenters. The van der Waals surface area contributed by atoms with Gasteiger partial charge in [0.2, 0.25) is 0 Å². The van der Waals surface area contributed by atoms with E-state index in [1.165, 1.54) is 12.0 Å². The molecule has 0 saturated heterocycles. The van der Waals surface area contributed by atoms with E-state index < -0.39 is 12.0 Å². The molecule has 0 heterocycles. The molecule has 0 spiro atoms. The Morgan fingerprint density at radius 2 is 2.20 bits per heavy atom. The fourth-order valence-corrected chi connectivity index (χ4v) is 2.10. The van der Waals surface area contributed by atoms with E-state index in [1.807, 2.05) is 0 Å². The first-order valence-corrected chi connectivity index (χ1v) is 6.52. The molecule has 6 nitrogen and oxygen atoms in total. The van der Waals surface area contributed by atoms with Gasteiger partial charge in [0.1, 0.15) is 12.3 Å². The quantitative estimate of drug-likeness (QED) is 0.875. The number of carbonyl (C=O) groups excluding carboxylic acids is 1. The maximum Gasteiger partial charge on any atom is 0.323 e. The van der Waals surface area contributed by atoms with Gasteiger partial charge >= 0.3 is 12.0 Å². The number of hydrogen-bond acceptors (Lipinski definition) is 3. The van der Waals surface area contributed by atoms with Gasteiger partial charge in [-0.3, -0.25) is 4.79 Å². The number of carboxylic acid groups (broad SMARTS) is 1. The Morgan fingerprint density at radius 1 is 1.50 bits per heavy atom. The largest absolute Gasteiger partial charge is 0.495 e. The van der Waals surface area contributed by atoms with Gasteiger partial charge in [0, 0.05) is 11.7 Å². The molecule has 0 aromatic heterocycles. The molecule has 108 valence electrons. The second kappa shape index (κ2) is 6.00. The number of rotatable bonds is 5. The van der Waals surface area contributed by atoms with Crippen LogP contribution in [0.4, 0.5) is 10.5 Å². The smallest absolute Gasteiger partial charge is 0.323 e.